The molecule has 0 aliphatic carbocycles. The van der Waals surface area contributed by atoms with Gasteiger partial charge in [0.15, 0.2) is 11.5 Å². The maximum absolute atomic E-state index is 13.1. The zero-order valence-corrected chi connectivity index (χ0v) is 16.7. The van der Waals surface area contributed by atoms with Crippen molar-refractivity contribution in [2.45, 2.75) is 25.0 Å². The molecule has 2 N–H and O–H groups in total. The molecule has 2 aromatic carbocycles. The van der Waals surface area contributed by atoms with Gasteiger partial charge in [-0.1, -0.05) is 24.3 Å². The lowest BCUT2D eigenvalue weighted by atomic mass is 9.91. The number of fused-ring (bicyclic) bond motifs is 1. The molecule has 0 spiro atoms. The number of β-amino-alcohol motifs (C(OH)–C–C–N with tert-alkyl or cyclic N) is 1. The molecule has 2 aliphatic rings. The van der Waals surface area contributed by atoms with Crippen molar-refractivity contribution in [1.29, 1.82) is 0 Å². The highest BCUT2D eigenvalue weighted by Gasteiger charge is 2.49. The number of imide groups is 1. The lowest BCUT2D eigenvalue weighted by Crippen LogP contribution is -2.42. The van der Waals surface area contributed by atoms with Crippen LogP contribution in [0.4, 0.5) is 4.79 Å². The topological polar surface area (TPSA) is 97.3 Å². The maximum Gasteiger partial charge on any atom is 0.325 e. The van der Waals surface area contributed by atoms with Crippen LogP contribution in [0.5, 0.6) is 17.2 Å². The van der Waals surface area contributed by atoms with Gasteiger partial charge < -0.3 is 24.6 Å². The van der Waals surface area contributed by atoms with Crippen LogP contribution in [0.1, 0.15) is 18.9 Å². The molecule has 2 aromatic rings. The number of rotatable bonds is 6. The van der Waals surface area contributed by atoms with E-state index in [1.54, 1.807) is 37.3 Å². The third kappa shape index (κ3) is 3.91. The molecule has 1 fully saturated rings. The molecule has 158 valence electrons. The van der Waals surface area contributed by atoms with Crippen LogP contribution in [-0.2, 0) is 10.3 Å². The summed E-state index contributed by atoms with van der Waals surface area (Å²) in [6, 6.07) is 13.7. The van der Waals surface area contributed by atoms with Crippen molar-refractivity contribution in [3.8, 4) is 17.2 Å². The number of nitrogens with zero attached hydrogens (tertiary/aromatic N) is 1. The monoisotopic (exact) mass is 412 g/mol. The number of aliphatic hydroxyl groups is 1. The van der Waals surface area contributed by atoms with Gasteiger partial charge in [0.1, 0.15) is 24.0 Å². The molecule has 2 heterocycles. The van der Waals surface area contributed by atoms with Crippen LogP contribution in [0.3, 0.4) is 0 Å². The van der Waals surface area contributed by atoms with Crippen molar-refractivity contribution < 1.29 is 28.9 Å². The first-order chi connectivity index (χ1) is 14.5. The number of amides is 3. The van der Waals surface area contributed by atoms with Gasteiger partial charge in [0.05, 0.1) is 19.8 Å². The second kappa shape index (κ2) is 8.23. The normalized spacial score (nSPS) is 21.7. The molecule has 3 amide bonds. The van der Waals surface area contributed by atoms with Crippen LogP contribution >= 0.6 is 0 Å². The van der Waals surface area contributed by atoms with Crippen LogP contribution in [0.25, 0.3) is 0 Å². The minimum Gasteiger partial charge on any atom is -0.491 e. The fourth-order valence-corrected chi connectivity index (χ4v) is 3.51. The number of urea groups is 1. The Morgan fingerprint density at radius 3 is 2.63 bits per heavy atom. The molecule has 1 saturated heterocycles. The summed E-state index contributed by atoms with van der Waals surface area (Å²) < 4.78 is 16.8. The van der Waals surface area contributed by atoms with Gasteiger partial charge in [0, 0.05) is 6.42 Å². The molecular formula is C22H24N2O6. The standard InChI is InChI=1S/C22H24N2O6/c1-22(15-8-9-18-19(12-15)29-11-5-10-28-18)20(26)24(21(27)23-22)13-16(25)14-30-17-6-3-2-4-7-17/h2-4,6-9,12,16,25H,5,10-11,13-14H2,1H3,(H,23,27)/t16-,22-/m1/s1. The predicted octanol–water partition coefficient (Wildman–Crippen LogP) is 2.05. The molecule has 0 unspecified atom stereocenters. The third-order valence-corrected chi connectivity index (χ3v) is 5.18. The lowest BCUT2D eigenvalue weighted by Gasteiger charge is -2.24. The molecule has 0 radical (unpaired) electrons. The zero-order valence-electron chi connectivity index (χ0n) is 16.7. The number of aliphatic hydroxyl groups excluding tert-OH is 1. The van der Waals surface area contributed by atoms with E-state index in [0.29, 0.717) is 36.0 Å². The summed E-state index contributed by atoms with van der Waals surface area (Å²) in [7, 11) is 0. The van der Waals surface area contributed by atoms with Gasteiger partial charge >= 0.3 is 6.03 Å². The largest absolute Gasteiger partial charge is 0.491 e. The first-order valence-electron chi connectivity index (χ1n) is 9.87. The van der Waals surface area contributed by atoms with Crippen LogP contribution < -0.4 is 19.5 Å². The van der Waals surface area contributed by atoms with Crippen LogP contribution in [0.2, 0.25) is 0 Å². The molecule has 8 heteroatoms. The van der Waals surface area contributed by atoms with Gasteiger partial charge in [-0.05, 0) is 36.8 Å². The molecule has 2 atom stereocenters. The molecule has 0 saturated carbocycles. The average molecular weight is 412 g/mol. The number of nitrogens with one attached hydrogen (secondary N) is 1. The first-order valence-corrected chi connectivity index (χ1v) is 9.87. The van der Waals surface area contributed by atoms with E-state index >= 15 is 0 Å². The molecule has 30 heavy (non-hydrogen) atoms. The second-order valence-electron chi connectivity index (χ2n) is 7.46. The summed E-state index contributed by atoms with van der Waals surface area (Å²) >= 11 is 0. The van der Waals surface area contributed by atoms with Crippen molar-refractivity contribution in [2.24, 2.45) is 0 Å². The number of hydrogen-bond donors (Lipinski definition) is 2. The number of carbonyl (C=O) groups excluding carboxylic acids is 2. The van der Waals surface area contributed by atoms with E-state index in [2.05, 4.69) is 5.32 Å². The fraction of sp³-hybridized carbons (Fsp3) is 0.364. The van der Waals surface area contributed by atoms with Gasteiger partial charge in [-0.15, -0.1) is 0 Å². The quantitative estimate of drug-likeness (QED) is 0.705. The third-order valence-electron chi connectivity index (χ3n) is 5.18. The first kappa shape index (κ1) is 20.0. The molecule has 2 aliphatic heterocycles. The van der Waals surface area contributed by atoms with Crippen molar-refractivity contribution in [3.63, 3.8) is 0 Å². The van der Waals surface area contributed by atoms with Gasteiger partial charge in [0.2, 0.25) is 0 Å². The number of ether oxygens (including phenoxy) is 3. The highest BCUT2D eigenvalue weighted by molar-refractivity contribution is 6.07. The summed E-state index contributed by atoms with van der Waals surface area (Å²) in [6.45, 7) is 2.52. The summed E-state index contributed by atoms with van der Waals surface area (Å²) in [5, 5.41) is 13.0. The van der Waals surface area contributed by atoms with E-state index in [9.17, 15) is 14.7 Å². The van der Waals surface area contributed by atoms with Crippen LogP contribution in [-0.4, -0.2) is 54.4 Å². The molecule has 0 aromatic heterocycles. The summed E-state index contributed by atoms with van der Waals surface area (Å²) in [6.07, 6.45) is -0.251. The van der Waals surface area contributed by atoms with Crippen molar-refractivity contribution >= 4 is 11.9 Å². The number of hydrogen-bond acceptors (Lipinski definition) is 6. The Balaban J connectivity index is 1.45. The Labute approximate surface area is 174 Å². The van der Waals surface area contributed by atoms with E-state index in [4.69, 9.17) is 14.2 Å². The van der Waals surface area contributed by atoms with Gasteiger partial charge in [0.25, 0.3) is 5.91 Å². The highest BCUT2D eigenvalue weighted by atomic mass is 16.5. The van der Waals surface area contributed by atoms with Crippen LogP contribution in [0.15, 0.2) is 48.5 Å². The SMILES string of the molecule is C[C@]1(c2ccc3c(c2)OCCCO3)NC(=O)N(C[C@@H](O)COc2ccccc2)C1=O. The summed E-state index contributed by atoms with van der Waals surface area (Å²) in [4.78, 5) is 26.6. The van der Waals surface area contributed by atoms with Crippen molar-refractivity contribution in [3.05, 3.63) is 54.1 Å². The average Bonchev–Trinajstić information content (AvgIpc) is 2.92. The molecule has 8 nitrogen and oxygen atoms in total. The predicted molar refractivity (Wildman–Crippen MR) is 108 cm³/mol. The van der Waals surface area contributed by atoms with E-state index in [0.717, 1.165) is 11.3 Å². The van der Waals surface area contributed by atoms with Gasteiger partial charge in [-0.25, -0.2) is 4.79 Å². The van der Waals surface area contributed by atoms with E-state index in [1.807, 2.05) is 18.2 Å². The smallest absolute Gasteiger partial charge is 0.325 e. The molecule has 0 bridgehead atoms. The number of benzene rings is 2. The Morgan fingerprint density at radius 1 is 1.13 bits per heavy atom. The van der Waals surface area contributed by atoms with Crippen LogP contribution in [0, 0.1) is 0 Å². The van der Waals surface area contributed by atoms with Crippen molar-refractivity contribution in [2.75, 3.05) is 26.4 Å². The molecular weight excluding hydrogens is 388 g/mol. The van der Waals surface area contributed by atoms with Gasteiger partial charge in [-0.3, -0.25) is 9.69 Å². The van der Waals surface area contributed by atoms with Crippen molar-refractivity contribution in [1.82, 2.24) is 10.2 Å². The highest BCUT2D eigenvalue weighted by Crippen LogP contribution is 2.36. The number of carbonyl (C=O) groups is 2. The van der Waals surface area contributed by atoms with E-state index in [-0.39, 0.29) is 13.2 Å². The summed E-state index contributed by atoms with van der Waals surface area (Å²) in [5.74, 6) is 1.32. The summed E-state index contributed by atoms with van der Waals surface area (Å²) in [5.41, 5.74) is -0.676. The fourth-order valence-electron chi connectivity index (χ4n) is 3.51. The minimum atomic E-state index is -1.26. The van der Waals surface area contributed by atoms with Gasteiger partial charge in [-0.2, -0.15) is 0 Å². The Kier molecular flexibility index (Phi) is 5.50. The zero-order chi connectivity index (χ0) is 21.1. The Hall–Kier alpha value is -3.26. The number of para-hydroxylation sites is 1. The van der Waals surface area contributed by atoms with E-state index in [1.165, 1.54) is 0 Å². The Morgan fingerprint density at radius 2 is 1.87 bits per heavy atom. The van der Waals surface area contributed by atoms with E-state index < -0.39 is 23.6 Å². The molecule has 4 rings (SSSR count). The minimum absolute atomic E-state index is 0.0399. The maximum atomic E-state index is 13.1. The second-order valence-corrected chi connectivity index (χ2v) is 7.46. The Bertz CT molecular complexity index is 934. The lowest BCUT2D eigenvalue weighted by molar-refractivity contribution is -0.132.